The number of aromatic nitrogens is 3. The van der Waals surface area contributed by atoms with Gasteiger partial charge in [0.15, 0.2) is 5.69 Å². The van der Waals surface area contributed by atoms with Crippen molar-refractivity contribution in [2.24, 2.45) is 0 Å². The number of ether oxygens (including phenoxy) is 1. The van der Waals surface area contributed by atoms with Gasteiger partial charge in [0.2, 0.25) is 5.82 Å². The van der Waals surface area contributed by atoms with Gasteiger partial charge in [0.1, 0.15) is 17.3 Å². The lowest BCUT2D eigenvalue weighted by Crippen LogP contribution is -1.87. The molecule has 0 amide bonds. The lowest BCUT2D eigenvalue weighted by atomic mass is 10.2. The fourth-order valence-electron chi connectivity index (χ4n) is 1.84. The molecule has 22 heavy (non-hydrogen) atoms. The van der Waals surface area contributed by atoms with Gasteiger partial charge in [-0.25, -0.2) is 14.2 Å². The van der Waals surface area contributed by atoms with E-state index in [-0.39, 0.29) is 5.89 Å². The molecule has 0 N–H and O–H groups in total. The zero-order valence-corrected chi connectivity index (χ0v) is 11.4. The molecule has 0 unspecified atom stereocenters. The summed E-state index contributed by atoms with van der Waals surface area (Å²) < 4.78 is 23.1. The predicted octanol–water partition coefficient (Wildman–Crippen LogP) is 3.50. The molecule has 0 saturated heterocycles. The van der Waals surface area contributed by atoms with Crippen molar-refractivity contribution in [2.75, 3.05) is 7.11 Å². The van der Waals surface area contributed by atoms with Crippen molar-refractivity contribution in [2.45, 2.75) is 0 Å². The Morgan fingerprint density at radius 2 is 2.14 bits per heavy atom. The fourth-order valence-corrected chi connectivity index (χ4v) is 1.84. The van der Waals surface area contributed by atoms with Gasteiger partial charge in [-0.1, -0.05) is 5.16 Å². The Kier molecular flexibility index (Phi) is 3.50. The van der Waals surface area contributed by atoms with Crippen LogP contribution in [0.5, 0.6) is 5.75 Å². The van der Waals surface area contributed by atoms with Crippen LogP contribution in [0, 0.1) is 12.4 Å². The van der Waals surface area contributed by atoms with Crippen LogP contribution in [0.3, 0.4) is 0 Å². The first-order chi connectivity index (χ1) is 10.7. The van der Waals surface area contributed by atoms with E-state index in [9.17, 15) is 4.39 Å². The second-order valence-corrected chi connectivity index (χ2v) is 4.32. The van der Waals surface area contributed by atoms with Crippen LogP contribution in [-0.4, -0.2) is 22.2 Å². The normalized spacial score (nSPS) is 10.2. The van der Waals surface area contributed by atoms with E-state index >= 15 is 0 Å². The molecule has 7 heteroatoms. The molecule has 0 aliphatic carbocycles. The van der Waals surface area contributed by atoms with Crippen molar-refractivity contribution >= 4 is 5.69 Å². The molecule has 108 valence electrons. The maximum atomic E-state index is 12.9. The third-order valence-electron chi connectivity index (χ3n) is 2.89. The van der Waals surface area contributed by atoms with E-state index in [1.807, 2.05) is 0 Å². The first-order valence-corrected chi connectivity index (χ1v) is 6.22. The van der Waals surface area contributed by atoms with Crippen LogP contribution >= 0.6 is 0 Å². The van der Waals surface area contributed by atoms with E-state index in [1.54, 1.807) is 18.2 Å². The molecular weight excluding hydrogens is 287 g/mol. The number of hydrogen-bond donors (Lipinski definition) is 0. The molecule has 1 aromatic carbocycles. The van der Waals surface area contributed by atoms with E-state index < -0.39 is 5.82 Å². The minimum atomic E-state index is -0.446. The quantitative estimate of drug-likeness (QED) is 0.692. The average molecular weight is 296 g/mol. The van der Waals surface area contributed by atoms with E-state index in [1.165, 1.54) is 19.2 Å². The minimum absolute atomic E-state index is 0.169. The second kappa shape index (κ2) is 5.61. The van der Waals surface area contributed by atoms with E-state index in [0.29, 0.717) is 28.5 Å². The van der Waals surface area contributed by atoms with E-state index in [0.717, 1.165) is 6.20 Å². The lowest BCUT2D eigenvalue weighted by Gasteiger charge is -2.02. The van der Waals surface area contributed by atoms with Crippen LogP contribution in [0.2, 0.25) is 0 Å². The Balaban J connectivity index is 2.00. The highest BCUT2D eigenvalue weighted by Gasteiger charge is 2.13. The molecule has 0 aliphatic heterocycles. The Hall–Kier alpha value is -3.27. The summed E-state index contributed by atoms with van der Waals surface area (Å²) in [6.07, 6.45) is 1.07. The summed E-state index contributed by atoms with van der Waals surface area (Å²) in [5.41, 5.74) is 1.36. The van der Waals surface area contributed by atoms with Gasteiger partial charge in [-0.15, -0.1) is 0 Å². The smallest absolute Gasteiger partial charge is 0.276 e. The van der Waals surface area contributed by atoms with Crippen LogP contribution < -0.4 is 4.74 Å². The number of halogens is 1. The van der Waals surface area contributed by atoms with Gasteiger partial charge in [-0.3, -0.25) is 0 Å². The average Bonchev–Trinajstić information content (AvgIpc) is 3.05. The fraction of sp³-hybridized carbons (Fsp3) is 0.0667. The number of methoxy groups -OCH3 is 1. The van der Waals surface area contributed by atoms with Crippen molar-refractivity contribution in [3.63, 3.8) is 0 Å². The lowest BCUT2D eigenvalue weighted by molar-refractivity contribution is 0.415. The van der Waals surface area contributed by atoms with Crippen molar-refractivity contribution in [1.82, 2.24) is 15.1 Å². The summed E-state index contributed by atoms with van der Waals surface area (Å²) in [6.45, 7) is 7.09. The zero-order chi connectivity index (χ0) is 15.5. The van der Waals surface area contributed by atoms with Crippen molar-refractivity contribution < 1.29 is 13.7 Å². The topological polar surface area (TPSA) is 65.4 Å². The number of rotatable bonds is 3. The molecular formula is C15H9FN4O2. The van der Waals surface area contributed by atoms with Crippen molar-refractivity contribution in [3.8, 4) is 28.7 Å². The Labute approximate surface area is 125 Å². The van der Waals surface area contributed by atoms with Crippen LogP contribution in [0.1, 0.15) is 0 Å². The molecule has 2 heterocycles. The highest BCUT2D eigenvalue weighted by molar-refractivity contribution is 5.67. The molecule has 0 atom stereocenters. The van der Waals surface area contributed by atoms with E-state index in [4.69, 9.17) is 15.8 Å². The standard InChI is InChI=1S/C15H9FN4O2/c1-17-11-5-9(6-12(7-11)21-2)14-19-15(22-20-14)13-4-3-10(16)8-18-13/h3-8H,2H3. The van der Waals surface area contributed by atoms with E-state index in [2.05, 4.69) is 20.0 Å². The maximum absolute atomic E-state index is 12.9. The molecule has 0 radical (unpaired) electrons. The zero-order valence-electron chi connectivity index (χ0n) is 11.4. The number of nitrogens with zero attached hydrogens (tertiary/aromatic N) is 4. The van der Waals surface area contributed by atoms with Gasteiger partial charge in [-0.05, 0) is 30.3 Å². The minimum Gasteiger partial charge on any atom is -0.498 e. The highest BCUT2D eigenvalue weighted by atomic mass is 19.1. The predicted molar refractivity (Wildman–Crippen MR) is 75.7 cm³/mol. The van der Waals surface area contributed by atoms with Gasteiger partial charge >= 0.3 is 0 Å². The number of benzene rings is 1. The van der Waals surface area contributed by atoms with Crippen LogP contribution in [0.25, 0.3) is 27.8 Å². The summed E-state index contributed by atoms with van der Waals surface area (Å²) in [4.78, 5) is 11.5. The van der Waals surface area contributed by atoms with Gasteiger partial charge in [0, 0.05) is 5.56 Å². The highest BCUT2D eigenvalue weighted by Crippen LogP contribution is 2.29. The first-order valence-electron chi connectivity index (χ1n) is 6.22. The third-order valence-corrected chi connectivity index (χ3v) is 2.89. The summed E-state index contributed by atoms with van der Waals surface area (Å²) in [5, 5.41) is 3.86. The molecule has 0 spiro atoms. The first kappa shape index (κ1) is 13.7. The molecule has 2 aromatic heterocycles. The molecule has 3 aromatic rings. The Morgan fingerprint density at radius 1 is 1.27 bits per heavy atom. The molecule has 0 aliphatic rings. The van der Waals surface area contributed by atoms with Crippen molar-refractivity contribution in [1.29, 1.82) is 0 Å². The second-order valence-electron chi connectivity index (χ2n) is 4.32. The molecule has 0 saturated carbocycles. The molecule has 0 fully saturated rings. The largest absolute Gasteiger partial charge is 0.498 e. The Bertz CT molecular complexity index is 853. The molecule has 0 bridgehead atoms. The van der Waals surface area contributed by atoms with Crippen molar-refractivity contribution in [3.05, 3.63) is 53.8 Å². The van der Waals surface area contributed by atoms with Crippen LogP contribution in [-0.2, 0) is 0 Å². The van der Waals surface area contributed by atoms with Gasteiger partial charge in [0.05, 0.1) is 19.9 Å². The number of hydrogen-bond acceptors (Lipinski definition) is 5. The molecule has 6 nitrogen and oxygen atoms in total. The van der Waals surface area contributed by atoms with Gasteiger partial charge < -0.3 is 9.26 Å². The Morgan fingerprint density at radius 3 is 2.82 bits per heavy atom. The SMILES string of the molecule is [C-]#[N+]c1cc(OC)cc(-c2noc(-c3ccc(F)cn3)n2)c1. The summed E-state index contributed by atoms with van der Waals surface area (Å²) in [5.74, 6) is 0.542. The van der Waals surface area contributed by atoms with Crippen LogP contribution in [0.15, 0.2) is 41.1 Å². The molecule has 3 rings (SSSR count). The maximum Gasteiger partial charge on any atom is 0.276 e. The monoisotopic (exact) mass is 296 g/mol. The summed E-state index contributed by atoms with van der Waals surface area (Å²) in [7, 11) is 1.51. The van der Waals surface area contributed by atoms with Gasteiger partial charge in [-0.2, -0.15) is 4.98 Å². The summed E-state index contributed by atoms with van der Waals surface area (Å²) >= 11 is 0. The van der Waals surface area contributed by atoms with Gasteiger partial charge in [0.25, 0.3) is 5.89 Å². The third kappa shape index (κ3) is 2.62. The summed E-state index contributed by atoms with van der Waals surface area (Å²) in [6, 6.07) is 7.64. The van der Waals surface area contributed by atoms with Crippen LogP contribution in [0.4, 0.5) is 10.1 Å². The number of pyridine rings is 1.